The van der Waals surface area contributed by atoms with Gasteiger partial charge < -0.3 is 4.90 Å². The van der Waals surface area contributed by atoms with Crippen LogP contribution in [0, 0.1) is 0 Å². The van der Waals surface area contributed by atoms with E-state index in [9.17, 15) is 0 Å². The van der Waals surface area contributed by atoms with E-state index in [2.05, 4.69) is 60.9 Å². The number of likely N-dealkylation sites (N-methyl/N-ethyl adjacent to an activating group) is 1. The van der Waals surface area contributed by atoms with Crippen molar-refractivity contribution in [3.63, 3.8) is 0 Å². The molecule has 1 atom stereocenters. The fourth-order valence-electron chi connectivity index (χ4n) is 1.79. The van der Waals surface area contributed by atoms with Crippen LogP contribution in [0.15, 0.2) is 32.1 Å². The van der Waals surface area contributed by atoms with E-state index in [0.29, 0.717) is 5.92 Å². The first kappa shape index (κ1) is 11.1. The predicted molar refractivity (Wildman–Crippen MR) is 70.6 cm³/mol. The molecule has 1 aromatic rings. The quantitative estimate of drug-likeness (QED) is 0.771. The van der Waals surface area contributed by atoms with Gasteiger partial charge in [0, 0.05) is 35.0 Å². The second-order valence-electron chi connectivity index (χ2n) is 3.78. The Hall–Kier alpha value is -0.350. The number of hydrogen-bond acceptors (Lipinski definition) is 2. The molecule has 1 heterocycles. The van der Waals surface area contributed by atoms with Gasteiger partial charge in [-0.2, -0.15) is 0 Å². The summed E-state index contributed by atoms with van der Waals surface area (Å²) in [6.45, 7) is 1.90. The number of hydrogen-bond donors (Lipinski definition) is 0. The van der Waals surface area contributed by atoms with E-state index in [-0.39, 0.29) is 0 Å². The highest BCUT2D eigenvalue weighted by molar-refractivity contribution is 9.11. The Balaban J connectivity index is 2.29. The van der Waals surface area contributed by atoms with E-state index >= 15 is 0 Å². The van der Waals surface area contributed by atoms with Crippen LogP contribution in [0.2, 0.25) is 0 Å². The number of nitrogens with zero attached hydrogens (tertiary/aromatic N) is 2. The largest absolute Gasteiger partial charge is 0.365 e. The smallest absolute Gasteiger partial charge is 0.0847 e. The Morgan fingerprint density at radius 1 is 1.40 bits per heavy atom. The van der Waals surface area contributed by atoms with Gasteiger partial charge in [-0.3, -0.25) is 4.99 Å². The fourth-order valence-corrected chi connectivity index (χ4v) is 2.74. The molecule has 80 valence electrons. The van der Waals surface area contributed by atoms with Gasteiger partial charge >= 0.3 is 0 Å². The molecule has 0 fully saturated rings. The van der Waals surface area contributed by atoms with E-state index in [1.165, 1.54) is 10.0 Å². The SMILES string of the molecule is CN1C=NCC(c2cc(Br)ccc2Br)C1. The van der Waals surface area contributed by atoms with Crippen molar-refractivity contribution < 1.29 is 0 Å². The molecule has 1 unspecified atom stereocenters. The molecule has 1 aliphatic heterocycles. The molecule has 0 aromatic heterocycles. The maximum atomic E-state index is 4.35. The van der Waals surface area contributed by atoms with Crippen LogP contribution in [-0.2, 0) is 0 Å². The van der Waals surface area contributed by atoms with Gasteiger partial charge in [0.1, 0.15) is 0 Å². The minimum Gasteiger partial charge on any atom is -0.365 e. The third-order valence-corrected chi connectivity index (χ3v) is 3.73. The molecule has 0 bridgehead atoms. The third-order valence-electron chi connectivity index (χ3n) is 2.51. The van der Waals surface area contributed by atoms with Gasteiger partial charge in [0.05, 0.1) is 6.34 Å². The first-order valence-electron chi connectivity index (χ1n) is 4.82. The Labute approximate surface area is 107 Å². The summed E-state index contributed by atoms with van der Waals surface area (Å²) in [6, 6.07) is 6.30. The molecule has 1 aliphatic rings. The minimum absolute atomic E-state index is 0.479. The predicted octanol–water partition coefficient (Wildman–Crippen LogP) is 3.27. The van der Waals surface area contributed by atoms with E-state index < -0.39 is 0 Å². The standard InChI is InChI=1S/C11H12Br2N2/c1-15-6-8(5-14-7-15)10-4-9(12)2-3-11(10)13/h2-4,7-8H,5-6H2,1H3. The lowest BCUT2D eigenvalue weighted by Crippen LogP contribution is -2.29. The zero-order valence-electron chi connectivity index (χ0n) is 8.45. The van der Waals surface area contributed by atoms with Crippen LogP contribution in [0.1, 0.15) is 11.5 Å². The van der Waals surface area contributed by atoms with Gasteiger partial charge in [-0.15, -0.1) is 0 Å². The lowest BCUT2D eigenvalue weighted by Gasteiger charge is -2.26. The summed E-state index contributed by atoms with van der Waals surface area (Å²) in [5.74, 6) is 0.479. The van der Waals surface area contributed by atoms with Crippen molar-refractivity contribution in [3.8, 4) is 0 Å². The van der Waals surface area contributed by atoms with Crippen LogP contribution in [0.25, 0.3) is 0 Å². The summed E-state index contributed by atoms with van der Waals surface area (Å²) in [6.07, 6.45) is 1.91. The van der Waals surface area contributed by atoms with E-state index in [4.69, 9.17) is 0 Å². The molecule has 2 rings (SSSR count). The van der Waals surface area contributed by atoms with Crippen LogP contribution >= 0.6 is 31.9 Å². The Morgan fingerprint density at radius 2 is 2.20 bits per heavy atom. The molecule has 2 nitrogen and oxygen atoms in total. The molecular formula is C11H12Br2N2. The number of aliphatic imine (C=N–C) groups is 1. The Morgan fingerprint density at radius 3 is 2.93 bits per heavy atom. The van der Waals surface area contributed by atoms with E-state index in [1.54, 1.807) is 0 Å². The topological polar surface area (TPSA) is 15.6 Å². The highest BCUT2D eigenvalue weighted by atomic mass is 79.9. The second-order valence-corrected chi connectivity index (χ2v) is 5.55. The lowest BCUT2D eigenvalue weighted by atomic mass is 9.98. The van der Waals surface area contributed by atoms with Gasteiger partial charge in [0.2, 0.25) is 0 Å². The van der Waals surface area contributed by atoms with Crippen molar-refractivity contribution >= 4 is 38.2 Å². The molecule has 1 aromatic carbocycles. The molecular weight excluding hydrogens is 320 g/mol. The van der Waals surface area contributed by atoms with Crippen LogP contribution in [0.5, 0.6) is 0 Å². The molecule has 0 saturated carbocycles. The van der Waals surface area contributed by atoms with E-state index in [0.717, 1.165) is 17.6 Å². The summed E-state index contributed by atoms with van der Waals surface area (Å²) in [4.78, 5) is 6.48. The molecule has 0 aliphatic carbocycles. The molecule has 0 saturated heterocycles. The molecule has 15 heavy (non-hydrogen) atoms. The van der Waals surface area contributed by atoms with Crippen molar-refractivity contribution in [1.82, 2.24) is 4.90 Å². The summed E-state index contributed by atoms with van der Waals surface area (Å²) >= 11 is 7.10. The highest BCUT2D eigenvalue weighted by Gasteiger charge is 2.18. The fraction of sp³-hybridized carbons (Fsp3) is 0.364. The second kappa shape index (κ2) is 4.66. The maximum Gasteiger partial charge on any atom is 0.0847 e. The molecule has 0 radical (unpaired) electrons. The average Bonchev–Trinajstić information content (AvgIpc) is 2.22. The van der Waals surface area contributed by atoms with Crippen molar-refractivity contribution in [3.05, 3.63) is 32.7 Å². The summed E-state index contributed by atoms with van der Waals surface area (Å²) < 4.78 is 2.29. The van der Waals surface area contributed by atoms with Crippen LogP contribution in [-0.4, -0.2) is 31.4 Å². The van der Waals surface area contributed by atoms with Crippen LogP contribution < -0.4 is 0 Å². The van der Waals surface area contributed by atoms with Crippen molar-refractivity contribution in [2.75, 3.05) is 20.1 Å². The zero-order chi connectivity index (χ0) is 10.8. The number of rotatable bonds is 1. The summed E-state index contributed by atoms with van der Waals surface area (Å²) in [7, 11) is 2.06. The van der Waals surface area contributed by atoms with Crippen molar-refractivity contribution in [2.45, 2.75) is 5.92 Å². The van der Waals surface area contributed by atoms with Gasteiger partial charge in [-0.1, -0.05) is 31.9 Å². The Bertz CT molecular complexity index is 390. The molecule has 0 N–H and O–H groups in total. The molecule has 0 amide bonds. The maximum absolute atomic E-state index is 4.35. The Kier molecular flexibility index (Phi) is 3.46. The number of halogens is 2. The third kappa shape index (κ3) is 2.61. The zero-order valence-corrected chi connectivity index (χ0v) is 11.6. The molecule has 4 heteroatoms. The first-order valence-corrected chi connectivity index (χ1v) is 6.40. The minimum atomic E-state index is 0.479. The monoisotopic (exact) mass is 330 g/mol. The van der Waals surface area contributed by atoms with E-state index in [1.807, 2.05) is 12.4 Å². The van der Waals surface area contributed by atoms with Crippen molar-refractivity contribution in [1.29, 1.82) is 0 Å². The average molecular weight is 332 g/mol. The van der Waals surface area contributed by atoms with Crippen LogP contribution in [0.4, 0.5) is 0 Å². The normalized spacial score (nSPS) is 20.7. The van der Waals surface area contributed by atoms with Gasteiger partial charge in [0.25, 0.3) is 0 Å². The van der Waals surface area contributed by atoms with Gasteiger partial charge in [0.15, 0.2) is 0 Å². The molecule has 0 spiro atoms. The summed E-state index contributed by atoms with van der Waals surface area (Å²) in [5, 5.41) is 0. The van der Waals surface area contributed by atoms with Crippen LogP contribution in [0.3, 0.4) is 0 Å². The van der Waals surface area contributed by atoms with Gasteiger partial charge in [-0.05, 0) is 23.8 Å². The highest BCUT2D eigenvalue weighted by Crippen LogP contribution is 2.29. The number of benzene rings is 1. The first-order chi connectivity index (χ1) is 7.16. The lowest BCUT2D eigenvalue weighted by molar-refractivity contribution is 0.439. The summed E-state index contributed by atoms with van der Waals surface area (Å²) in [5.41, 5.74) is 1.33. The van der Waals surface area contributed by atoms with Gasteiger partial charge in [-0.25, -0.2) is 0 Å². The van der Waals surface area contributed by atoms with Crippen molar-refractivity contribution in [2.24, 2.45) is 4.99 Å².